The summed E-state index contributed by atoms with van der Waals surface area (Å²) in [6, 6.07) is 17.6. The molecule has 0 saturated heterocycles. The number of methoxy groups -OCH3 is 2. The lowest BCUT2D eigenvalue weighted by atomic mass is 10.0. The number of benzene rings is 2. The van der Waals surface area contributed by atoms with Crippen molar-refractivity contribution in [2.45, 2.75) is 83.1 Å². The van der Waals surface area contributed by atoms with E-state index in [2.05, 4.69) is 34.9 Å². The van der Waals surface area contributed by atoms with Gasteiger partial charge in [0, 0.05) is 33.6 Å². The lowest BCUT2D eigenvalue weighted by molar-refractivity contribution is -0.153. The standard InChI is InChI=1S/C41H58N2O10/c1-49-23-25-51-28-35(44)15-7-4-8-16-37(43-38(46)30-52-26-24-50-2)39(47)42-31-41(21-22-41)40(48)53-29-36(45)27-34-19-17-33(18-20-34)14-10-9-13-32-11-5-3-6-12-32/h3,5-6,11-12,17-20,37H,4,7-10,13-16,21-31H2,1-2H3,(H,42,47)(H,43,46)/t37-/m0/s1. The van der Waals surface area contributed by atoms with Crippen molar-refractivity contribution in [1.29, 1.82) is 0 Å². The Morgan fingerprint density at radius 1 is 0.679 bits per heavy atom. The predicted molar refractivity (Wildman–Crippen MR) is 199 cm³/mol. The van der Waals surface area contributed by atoms with Crippen LogP contribution in [0, 0.1) is 5.41 Å². The fourth-order valence-electron chi connectivity index (χ4n) is 5.75. The van der Waals surface area contributed by atoms with Crippen molar-refractivity contribution in [1.82, 2.24) is 10.6 Å². The third-order valence-corrected chi connectivity index (χ3v) is 9.16. The van der Waals surface area contributed by atoms with Gasteiger partial charge in [-0.2, -0.15) is 0 Å². The maximum Gasteiger partial charge on any atom is 0.314 e. The number of hydrogen-bond acceptors (Lipinski definition) is 10. The lowest BCUT2D eigenvalue weighted by Gasteiger charge is -2.21. The van der Waals surface area contributed by atoms with Crippen molar-refractivity contribution in [3.05, 3.63) is 71.3 Å². The highest BCUT2D eigenvalue weighted by Crippen LogP contribution is 2.46. The van der Waals surface area contributed by atoms with E-state index in [9.17, 15) is 24.0 Å². The molecule has 1 fully saturated rings. The molecule has 1 aliphatic carbocycles. The molecule has 2 aromatic carbocycles. The van der Waals surface area contributed by atoms with Crippen LogP contribution in [-0.4, -0.2) is 102 Å². The van der Waals surface area contributed by atoms with Gasteiger partial charge in [-0.15, -0.1) is 0 Å². The van der Waals surface area contributed by atoms with E-state index < -0.39 is 29.2 Å². The minimum atomic E-state index is -0.887. The first-order valence-corrected chi connectivity index (χ1v) is 18.8. The molecule has 0 unspecified atom stereocenters. The molecule has 0 radical (unpaired) electrons. The van der Waals surface area contributed by atoms with Crippen LogP contribution in [0.3, 0.4) is 0 Å². The van der Waals surface area contributed by atoms with Gasteiger partial charge >= 0.3 is 5.97 Å². The lowest BCUT2D eigenvalue weighted by Crippen LogP contribution is -2.49. The van der Waals surface area contributed by atoms with Crippen molar-refractivity contribution >= 4 is 29.4 Å². The maximum atomic E-state index is 13.2. The van der Waals surface area contributed by atoms with Crippen LogP contribution >= 0.6 is 0 Å². The van der Waals surface area contributed by atoms with E-state index in [1.807, 2.05) is 30.3 Å². The number of rotatable bonds is 30. The van der Waals surface area contributed by atoms with E-state index in [-0.39, 0.29) is 51.0 Å². The minimum absolute atomic E-state index is 0.00453. The van der Waals surface area contributed by atoms with Gasteiger partial charge in [0.15, 0.2) is 11.6 Å². The Kier molecular flexibility index (Phi) is 20.6. The summed E-state index contributed by atoms with van der Waals surface area (Å²) in [6.07, 6.45) is 8.05. The van der Waals surface area contributed by atoms with Crippen LogP contribution in [0.15, 0.2) is 54.6 Å². The number of hydrogen-bond donors (Lipinski definition) is 2. The number of carbonyl (C=O) groups excluding carboxylic acids is 5. The van der Waals surface area contributed by atoms with Crippen LogP contribution < -0.4 is 10.6 Å². The Balaban J connectivity index is 1.38. The zero-order valence-electron chi connectivity index (χ0n) is 31.5. The molecule has 12 heteroatoms. The molecular weight excluding hydrogens is 680 g/mol. The number of esters is 1. The molecule has 0 spiro atoms. The van der Waals surface area contributed by atoms with Crippen molar-refractivity contribution in [3.8, 4) is 0 Å². The molecule has 0 aliphatic heterocycles. The molecule has 1 saturated carbocycles. The molecule has 0 aromatic heterocycles. The minimum Gasteiger partial charge on any atom is -0.457 e. The summed E-state index contributed by atoms with van der Waals surface area (Å²) in [4.78, 5) is 63.5. The highest BCUT2D eigenvalue weighted by Gasteiger charge is 2.51. The normalized spacial score (nSPS) is 13.5. The molecule has 2 amide bonds. The number of ketones is 2. The summed E-state index contributed by atoms with van der Waals surface area (Å²) >= 11 is 0. The molecular formula is C41H58N2O10. The molecule has 292 valence electrons. The topological polar surface area (TPSA) is 156 Å². The van der Waals surface area contributed by atoms with Gasteiger partial charge in [-0.25, -0.2) is 0 Å². The summed E-state index contributed by atoms with van der Waals surface area (Å²) in [5.41, 5.74) is 2.55. The van der Waals surface area contributed by atoms with Crippen molar-refractivity contribution in [2.75, 3.05) is 67.0 Å². The van der Waals surface area contributed by atoms with Gasteiger partial charge in [-0.3, -0.25) is 24.0 Å². The van der Waals surface area contributed by atoms with Crippen molar-refractivity contribution in [3.63, 3.8) is 0 Å². The van der Waals surface area contributed by atoms with Crippen LogP contribution in [0.4, 0.5) is 0 Å². The van der Waals surface area contributed by atoms with E-state index in [1.54, 1.807) is 7.11 Å². The van der Waals surface area contributed by atoms with Crippen LogP contribution in [0.25, 0.3) is 0 Å². The third-order valence-electron chi connectivity index (χ3n) is 9.16. The summed E-state index contributed by atoms with van der Waals surface area (Å²) in [7, 11) is 3.09. The second-order valence-corrected chi connectivity index (χ2v) is 13.6. The van der Waals surface area contributed by atoms with Crippen LogP contribution in [-0.2, 0) is 66.9 Å². The zero-order valence-corrected chi connectivity index (χ0v) is 31.5. The third kappa shape index (κ3) is 18.1. The van der Waals surface area contributed by atoms with Gasteiger partial charge in [-0.1, -0.05) is 67.4 Å². The monoisotopic (exact) mass is 738 g/mol. The largest absolute Gasteiger partial charge is 0.457 e. The van der Waals surface area contributed by atoms with Gasteiger partial charge in [0.2, 0.25) is 11.8 Å². The smallest absolute Gasteiger partial charge is 0.314 e. The number of carbonyl (C=O) groups is 5. The predicted octanol–water partition coefficient (Wildman–Crippen LogP) is 4.13. The molecule has 3 rings (SSSR count). The first-order chi connectivity index (χ1) is 25.7. The number of amides is 2. The van der Waals surface area contributed by atoms with E-state index in [4.69, 9.17) is 23.7 Å². The molecule has 2 N–H and O–H groups in total. The first-order valence-electron chi connectivity index (χ1n) is 18.8. The highest BCUT2D eigenvalue weighted by molar-refractivity contribution is 5.89. The van der Waals surface area contributed by atoms with Gasteiger partial charge < -0.3 is 34.3 Å². The molecule has 1 aliphatic rings. The summed E-state index contributed by atoms with van der Waals surface area (Å²) in [5.74, 6) is -1.59. The first kappa shape index (κ1) is 43.4. The Morgan fingerprint density at radius 3 is 1.94 bits per heavy atom. The van der Waals surface area contributed by atoms with Gasteiger partial charge in [0.05, 0.1) is 31.8 Å². The number of unbranched alkanes of at least 4 members (excludes halogenated alkanes) is 3. The Hall–Kier alpha value is -3.97. The van der Waals surface area contributed by atoms with Gasteiger partial charge in [0.25, 0.3) is 0 Å². The Labute approximate surface area is 314 Å². The summed E-state index contributed by atoms with van der Waals surface area (Å²) in [6.45, 7) is 0.870. The Morgan fingerprint density at radius 2 is 1.30 bits per heavy atom. The van der Waals surface area contributed by atoms with Gasteiger partial charge in [0.1, 0.15) is 25.9 Å². The molecule has 0 bridgehead atoms. The van der Waals surface area contributed by atoms with E-state index in [0.29, 0.717) is 64.8 Å². The fraction of sp³-hybridized carbons (Fsp3) is 0.585. The summed E-state index contributed by atoms with van der Waals surface area (Å²) in [5, 5.41) is 5.55. The van der Waals surface area contributed by atoms with Crippen molar-refractivity contribution in [2.24, 2.45) is 5.41 Å². The average Bonchev–Trinajstić information content (AvgIpc) is 3.96. The van der Waals surface area contributed by atoms with E-state index >= 15 is 0 Å². The zero-order chi connectivity index (χ0) is 38.2. The van der Waals surface area contributed by atoms with E-state index in [1.165, 1.54) is 18.2 Å². The molecule has 0 heterocycles. The van der Waals surface area contributed by atoms with E-state index in [0.717, 1.165) is 31.2 Å². The number of nitrogens with one attached hydrogen (secondary N) is 2. The van der Waals surface area contributed by atoms with Crippen LogP contribution in [0.1, 0.15) is 74.5 Å². The molecule has 12 nitrogen and oxygen atoms in total. The van der Waals surface area contributed by atoms with Gasteiger partial charge in [-0.05, 0) is 68.1 Å². The second-order valence-electron chi connectivity index (χ2n) is 13.6. The molecule has 53 heavy (non-hydrogen) atoms. The molecule has 2 aromatic rings. The highest BCUT2D eigenvalue weighted by atomic mass is 16.5. The summed E-state index contributed by atoms with van der Waals surface area (Å²) < 4.78 is 25.8. The van der Waals surface area contributed by atoms with Crippen LogP contribution in [0.5, 0.6) is 0 Å². The molecule has 1 atom stereocenters. The fourth-order valence-corrected chi connectivity index (χ4v) is 5.75. The SMILES string of the molecule is COCCOCC(=O)CCCCC[C@H](NC(=O)COCCOC)C(=O)NCC1(C(=O)OCC(=O)Cc2ccc(CCCCc3ccccc3)cc2)CC1. The number of Topliss-reactive ketones (excluding diaryl/α,β-unsaturated/α-hetero) is 2. The van der Waals surface area contributed by atoms with Crippen molar-refractivity contribution < 1.29 is 47.7 Å². The average molecular weight is 739 g/mol. The Bertz CT molecular complexity index is 1400. The number of aryl methyl sites for hydroxylation is 2. The number of ether oxygens (including phenoxy) is 5. The second kappa shape index (κ2) is 25.1. The maximum absolute atomic E-state index is 13.2. The van der Waals surface area contributed by atoms with Crippen LogP contribution in [0.2, 0.25) is 0 Å². The quantitative estimate of drug-likeness (QED) is 0.0883.